The third-order valence-electron chi connectivity index (χ3n) is 5.18. The van der Waals surface area contributed by atoms with Crippen molar-refractivity contribution in [2.75, 3.05) is 32.9 Å². The van der Waals surface area contributed by atoms with Crippen LogP contribution in [0.4, 0.5) is 5.69 Å². The van der Waals surface area contributed by atoms with Gasteiger partial charge in [0.1, 0.15) is 0 Å². The van der Waals surface area contributed by atoms with Crippen LogP contribution in [0.5, 0.6) is 23.0 Å². The van der Waals surface area contributed by atoms with Crippen LogP contribution in [0.15, 0.2) is 36.5 Å². The standard InChI is InChI=1S/C21H20N2O4.ClH/c1-24-18-5-4-13-8-17-14-9-19-20(27-12-26-19)10-16(14)22-6-3-7-23(17)11-15(13)21(18)25-2;/h4-5,8-11H,3,6-7,12H2,1-2H3;1H. The molecule has 1 aromatic heterocycles. The summed E-state index contributed by atoms with van der Waals surface area (Å²) in [6, 6.07) is 10.3. The number of methoxy groups -OCH3 is 2. The highest BCUT2D eigenvalue weighted by Crippen LogP contribution is 2.42. The molecule has 0 amide bonds. The van der Waals surface area contributed by atoms with Gasteiger partial charge in [-0.05, 0) is 17.5 Å². The maximum atomic E-state index is 5.64. The lowest BCUT2D eigenvalue weighted by molar-refractivity contribution is -0.685. The summed E-state index contributed by atoms with van der Waals surface area (Å²) in [4.78, 5) is 0. The SMILES string of the molecule is COc1ccc2cc3[n+](cc2c1OC)CCCNc1cc2c(cc1-3)OCO2.[Cl-]. The zero-order valence-corrected chi connectivity index (χ0v) is 16.5. The van der Waals surface area contributed by atoms with Crippen LogP contribution < -0.4 is 41.2 Å². The monoisotopic (exact) mass is 400 g/mol. The normalized spacial score (nSPS) is 14.1. The first-order valence-corrected chi connectivity index (χ1v) is 9.04. The van der Waals surface area contributed by atoms with E-state index in [4.69, 9.17) is 18.9 Å². The number of halogens is 1. The van der Waals surface area contributed by atoms with Crippen LogP contribution in [-0.4, -0.2) is 27.6 Å². The van der Waals surface area contributed by atoms with Crippen LogP contribution in [0.2, 0.25) is 0 Å². The highest BCUT2D eigenvalue weighted by atomic mass is 35.5. The second kappa shape index (κ2) is 7.28. The molecular formula is C21H21ClN2O4. The molecule has 3 aromatic rings. The Balaban J connectivity index is 0.00000192. The Morgan fingerprint density at radius 3 is 2.64 bits per heavy atom. The van der Waals surface area contributed by atoms with Gasteiger partial charge in [0, 0.05) is 31.2 Å². The molecule has 6 nitrogen and oxygen atoms in total. The summed E-state index contributed by atoms with van der Waals surface area (Å²) in [7, 11) is 3.34. The van der Waals surface area contributed by atoms with Crippen LogP contribution in [-0.2, 0) is 6.54 Å². The van der Waals surface area contributed by atoms with E-state index in [0.717, 1.165) is 70.2 Å². The first-order valence-electron chi connectivity index (χ1n) is 9.04. The van der Waals surface area contributed by atoms with E-state index in [9.17, 15) is 0 Å². The van der Waals surface area contributed by atoms with Crippen molar-refractivity contribution in [3.63, 3.8) is 0 Å². The molecule has 28 heavy (non-hydrogen) atoms. The minimum atomic E-state index is 0. The Bertz CT molecular complexity index is 1050. The molecule has 0 unspecified atom stereocenters. The van der Waals surface area contributed by atoms with Crippen molar-refractivity contribution >= 4 is 16.5 Å². The summed E-state index contributed by atoms with van der Waals surface area (Å²) >= 11 is 0. The molecule has 2 aliphatic rings. The fourth-order valence-corrected chi connectivity index (χ4v) is 3.87. The number of pyridine rings is 1. The summed E-state index contributed by atoms with van der Waals surface area (Å²) in [5, 5.41) is 5.67. The average Bonchev–Trinajstić information content (AvgIpc) is 3.15. The number of rotatable bonds is 2. The van der Waals surface area contributed by atoms with Crippen molar-refractivity contribution in [2.45, 2.75) is 13.0 Å². The van der Waals surface area contributed by atoms with Gasteiger partial charge >= 0.3 is 0 Å². The van der Waals surface area contributed by atoms with E-state index in [2.05, 4.69) is 34.3 Å². The smallest absolute Gasteiger partial charge is 0.231 e. The van der Waals surface area contributed by atoms with Crippen molar-refractivity contribution in [2.24, 2.45) is 0 Å². The summed E-state index contributed by atoms with van der Waals surface area (Å²) < 4.78 is 24.5. The quantitative estimate of drug-likeness (QED) is 0.630. The molecule has 0 saturated carbocycles. The predicted molar refractivity (Wildman–Crippen MR) is 102 cm³/mol. The van der Waals surface area contributed by atoms with Gasteiger partial charge in [-0.2, -0.15) is 4.57 Å². The van der Waals surface area contributed by atoms with Gasteiger partial charge in [-0.3, -0.25) is 0 Å². The van der Waals surface area contributed by atoms with Crippen LogP contribution in [0.3, 0.4) is 0 Å². The molecule has 5 rings (SSSR count). The van der Waals surface area contributed by atoms with E-state index in [1.807, 2.05) is 12.1 Å². The van der Waals surface area contributed by atoms with Crippen molar-refractivity contribution < 1.29 is 35.9 Å². The van der Waals surface area contributed by atoms with Gasteiger partial charge in [0.2, 0.25) is 12.5 Å². The molecular weight excluding hydrogens is 380 g/mol. The molecule has 7 heteroatoms. The van der Waals surface area contributed by atoms with Crippen molar-refractivity contribution in [1.82, 2.24) is 0 Å². The van der Waals surface area contributed by atoms with Crippen LogP contribution in [0.1, 0.15) is 6.42 Å². The molecule has 0 saturated heterocycles. The second-order valence-electron chi connectivity index (χ2n) is 6.69. The lowest BCUT2D eigenvalue weighted by Gasteiger charge is -2.17. The summed E-state index contributed by atoms with van der Waals surface area (Å²) in [6.45, 7) is 2.08. The second-order valence-corrected chi connectivity index (χ2v) is 6.69. The summed E-state index contributed by atoms with van der Waals surface area (Å²) in [6.07, 6.45) is 3.18. The third-order valence-corrected chi connectivity index (χ3v) is 5.18. The zero-order valence-electron chi connectivity index (χ0n) is 15.8. The molecule has 0 spiro atoms. The zero-order chi connectivity index (χ0) is 18.4. The van der Waals surface area contributed by atoms with E-state index >= 15 is 0 Å². The average molecular weight is 401 g/mol. The molecule has 0 atom stereocenters. The Morgan fingerprint density at radius 2 is 1.86 bits per heavy atom. The van der Waals surface area contributed by atoms with Gasteiger partial charge in [0.05, 0.1) is 30.9 Å². The molecule has 0 bridgehead atoms. The minimum Gasteiger partial charge on any atom is -1.00 e. The fraction of sp³-hybridized carbons (Fsp3) is 0.286. The van der Waals surface area contributed by atoms with E-state index in [1.54, 1.807) is 14.2 Å². The Labute approximate surface area is 169 Å². The maximum absolute atomic E-state index is 5.64. The number of benzene rings is 2. The van der Waals surface area contributed by atoms with E-state index in [-0.39, 0.29) is 19.2 Å². The number of aromatic nitrogens is 1. The third kappa shape index (κ3) is 2.85. The number of hydrogen-bond acceptors (Lipinski definition) is 5. The fourth-order valence-electron chi connectivity index (χ4n) is 3.87. The maximum Gasteiger partial charge on any atom is 0.231 e. The summed E-state index contributed by atoms with van der Waals surface area (Å²) in [5.74, 6) is 3.08. The Kier molecular flexibility index (Phi) is 4.81. The van der Waals surface area contributed by atoms with Crippen molar-refractivity contribution in [1.29, 1.82) is 0 Å². The van der Waals surface area contributed by atoms with Crippen molar-refractivity contribution in [3.8, 4) is 34.3 Å². The minimum absolute atomic E-state index is 0. The van der Waals surface area contributed by atoms with E-state index in [1.165, 1.54) is 0 Å². The first-order chi connectivity index (χ1) is 13.3. The van der Waals surface area contributed by atoms with Gasteiger partial charge in [-0.25, -0.2) is 0 Å². The number of ether oxygens (including phenoxy) is 4. The molecule has 146 valence electrons. The van der Waals surface area contributed by atoms with Gasteiger partial charge < -0.3 is 36.7 Å². The lowest BCUT2D eigenvalue weighted by Crippen LogP contribution is -3.00. The van der Waals surface area contributed by atoms with Gasteiger partial charge in [0.25, 0.3) is 0 Å². The highest BCUT2D eigenvalue weighted by Gasteiger charge is 2.26. The lowest BCUT2D eigenvalue weighted by atomic mass is 10.0. The molecule has 0 aliphatic carbocycles. The molecule has 0 radical (unpaired) electrons. The molecule has 2 aliphatic heterocycles. The Morgan fingerprint density at radius 1 is 1.04 bits per heavy atom. The molecule has 1 N–H and O–H groups in total. The van der Waals surface area contributed by atoms with Crippen LogP contribution >= 0.6 is 0 Å². The van der Waals surface area contributed by atoms with Crippen molar-refractivity contribution in [3.05, 3.63) is 36.5 Å². The number of nitrogens with zero attached hydrogens (tertiary/aromatic N) is 1. The highest BCUT2D eigenvalue weighted by molar-refractivity contribution is 5.92. The number of fused-ring (bicyclic) bond motifs is 5. The topological polar surface area (TPSA) is 52.8 Å². The first kappa shape index (κ1) is 18.5. The Hall–Kier alpha value is -2.86. The summed E-state index contributed by atoms with van der Waals surface area (Å²) in [5.41, 5.74) is 3.30. The van der Waals surface area contributed by atoms with Gasteiger partial charge in [-0.1, -0.05) is 0 Å². The van der Waals surface area contributed by atoms with Gasteiger partial charge in [0.15, 0.2) is 35.7 Å². The van der Waals surface area contributed by atoms with Crippen LogP contribution in [0.25, 0.3) is 22.0 Å². The number of hydrogen-bond donors (Lipinski definition) is 1. The number of anilines is 1. The largest absolute Gasteiger partial charge is 1.00 e. The van der Waals surface area contributed by atoms with E-state index in [0.29, 0.717) is 0 Å². The number of nitrogens with one attached hydrogen (secondary N) is 1. The van der Waals surface area contributed by atoms with E-state index < -0.39 is 0 Å². The van der Waals surface area contributed by atoms with Crippen LogP contribution in [0, 0.1) is 0 Å². The van der Waals surface area contributed by atoms with Gasteiger partial charge in [-0.15, -0.1) is 0 Å². The molecule has 2 aromatic carbocycles. The molecule has 3 heterocycles. The predicted octanol–water partition coefficient (Wildman–Crippen LogP) is 0.360. The number of aryl methyl sites for hydroxylation is 1. The molecule has 0 fully saturated rings.